The molecule has 0 aromatic carbocycles. The largest absolute Gasteiger partial charge is 1.00 e. The Morgan fingerprint density at radius 1 is 1.24 bits per heavy atom. The van der Waals surface area contributed by atoms with Gasteiger partial charge >= 0.3 is 56.6 Å². The number of hydrogen-bond donors (Lipinski definition) is 0. The van der Waals surface area contributed by atoms with E-state index in [9.17, 15) is 9.90 Å². The van der Waals surface area contributed by atoms with Crippen molar-refractivity contribution in [2.75, 3.05) is 0 Å². The van der Waals surface area contributed by atoms with E-state index in [1.54, 1.807) is 0 Å². The smallest absolute Gasteiger partial charge is 0.759 e. The molecule has 0 saturated carbocycles. The SMILES string of the molecule is O=C([O-])Cn1cnnn1.O=S(=O)([O-])[O-].[Li+].[Li+].[Li+]. The van der Waals surface area contributed by atoms with E-state index in [0.29, 0.717) is 0 Å². The molecule has 80 valence electrons. The number of carbonyl (C=O) groups excluding carboxylic acids is 1. The van der Waals surface area contributed by atoms with E-state index in [1.807, 2.05) is 0 Å². The molecule has 0 amide bonds. The van der Waals surface area contributed by atoms with Gasteiger partial charge in [-0.3, -0.25) is 8.42 Å². The third-order valence-electron chi connectivity index (χ3n) is 0.683. The zero-order valence-corrected chi connectivity index (χ0v) is 10.2. The molecular weight excluding hydrogens is 241 g/mol. The maximum Gasteiger partial charge on any atom is 1.00 e. The molecule has 0 unspecified atom stereocenters. The van der Waals surface area contributed by atoms with Gasteiger partial charge in [-0.25, -0.2) is 4.68 Å². The van der Waals surface area contributed by atoms with Crippen molar-refractivity contribution < 1.29 is 84.0 Å². The molecule has 0 radical (unpaired) electrons. The first-order valence-corrected chi connectivity index (χ1v) is 4.19. The fourth-order valence-corrected chi connectivity index (χ4v) is 0.385. The van der Waals surface area contributed by atoms with Crippen LogP contribution in [0.15, 0.2) is 6.33 Å². The van der Waals surface area contributed by atoms with Gasteiger partial charge in [-0.05, 0) is 10.4 Å². The molecule has 1 rings (SSSR count). The van der Waals surface area contributed by atoms with Gasteiger partial charge in [0.25, 0.3) is 0 Å². The molecule has 0 aliphatic heterocycles. The second kappa shape index (κ2) is 12.7. The average molecular weight is 244 g/mol. The van der Waals surface area contributed by atoms with Crippen LogP contribution < -0.4 is 61.7 Å². The van der Waals surface area contributed by atoms with Crippen LogP contribution >= 0.6 is 0 Å². The quantitative estimate of drug-likeness (QED) is 0.279. The van der Waals surface area contributed by atoms with E-state index in [-0.39, 0.29) is 63.1 Å². The van der Waals surface area contributed by atoms with E-state index in [0.717, 1.165) is 4.68 Å². The minimum Gasteiger partial charge on any atom is -0.759 e. The Balaban J connectivity index is -0.0000000948. The molecule has 0 fully saturated rings. The van der Waals surface area contributed by atoms with Crippen molar-refractivity contribution in [2.24, 2.45) is 0 Å². The summed E-state index contributed by atoms with van der Waals surface area (Å²) in [6.45, 7) is -0.299. The average Bonchev–Trinajstić information content (AvgIpc) is 2.33. The van der Waals surface area contributed by atoms with Crippen molar-refractivity contribution in [3.8, 4) is 0 Å². The van der Waals surface area contributed by atoms with Gasteiger partial charge in [-0.1, -0.05) is 0 Å². The molecule has 1 aromatic rings. The van der Waals surface area contributed by atoms with Gasteiger partial charge in [0.15, 0.2) is 0 Å². The number of nitrogens with zero attached hydrogens (tertiary/aromatic N) is 4. The molecular formula is C3H3Li3N4O6S. The van der Waals surface area contributed by atoms with Gasteiger partial charge in [-0.2, -0.15) is 0 Å². The zero-order chi connectivity index (χ0) is 11.2. The fourth-order valence-electron chi connectivity index (χ4n) is 0.385. The van der Waals surface area contributed by atoms with Crippen LogP contribution in [0.2, 0.25) is 0 Å². The Kier molecular flexibility index (Phi) is 19.3. The molecule has 0 N–H and O–H groups in total. The molecule has 10 nitrogen and oxygen atoms in total. The van der Waals surface area contributed by atoms with E-state index < -0.39 is 16.4 Å². The molecule has 0 spiro atoms. The van der Waals surface area contributed by atoms with Crippen LogP contribution in [-0.2, 0) is 21.7 Å². The third kappa shape index (κ3) is 26.0. The molecule has 0 aliphatic rings. The fraction of sp³-hybridized carbons (Fsp3) is 0.333. The first kappa shape index (κ1) is 25.9. The number of carbonyl (C=O) groups is 1. The van der Waals surface area contributed by atoms with Crippen LogP contribution in [0.4, 0.5) is 0 Å². The van der Waals surface area contributed by atoms with Crippen molar-refractivity contribution in [1.82, 2.24) is 20.2 Å². The number of tetrazole rings is 1. The molecule has 0 aliphatic carbocycles. The summed E-state index contributed by atoms with van der Waals surface area (Å²) < 4.78 is 35.1. The van der Waals surface area contributed by atoms with Crippen molar-refractivity contribution in [2.45, 2.75) is 6.54 Å². The minimum atomic E-state index is -5.17. The number of aromatic nitrogens is 4. The van der Waals surface area contributed by atoms with Crippen LogP contribution in [0.5, 0.6) is 0 Å². The Bertz CT molecular complexity index is 373. The number of carboxylic acid groups (broad SMARTS) is 1. The molecule has 1 aromatic heterocycles. The summed E-state index contributed by atoms with van der Waals surface area (Å²) >= 11 is 0. The number of carboxylic acids is 1. The van der Waals surface area contributed by atoms with E-state index in [2.05, 4.69) is 15.5 Å². The number of hydrogen-bond acceptors (Lipinski definition) is 9. The zero-order valence-electron chi connectivity index (χ0n) is 9.43. The molecule has 17 heavy (non-hydrogen) atoms. The summed E-state index contributed by atoms with van der Waals surface area (Å²) in [4.78, 5) is 9.84. The number of rotatable bonds is 2. The summed E-state index contributed by atoms with van der Waals surface area (Å²) in [5.74, 6) is -1.21. The molecule has 0 saturated heterocycles. The van der Waals surface area contributed by atoms with Crippen LogP contribution in [0.25, 0.3) is 0 Å². The standard InChI is InChI=1S/C3H4N4O2.3Li.H2O4S/c8-3(9)1-7-2-4-5-6-7;;;;1-5(2,3)4/h2H,1H2,(H,8,9);;;;(H2,1,2,3,4)/q;3*+1;/p-3. The number of aliphatic carboxylic acids is 1. The second-order valence-electron chi connectivity index (χ2n) is 1.79. The summed E-state index contributed by atoms with van der Waals surface area (Å²) in [7, 11) is -5.17. The third-order valence-corrected chi connectivity index (χ3v) is 0.683. The predicted octanol–water partition coefficient (Wildman–Crippen LogP) is -12.9. The van der Waals surface area contributed by atoms with Crippen LogP contribution in [-0.4, -0.2) is 43.7 Å². The minimum absolute atomic E-state index is 0. The van der Waals surface area contributed by atoms with Gasteiger partial charge in [0, 0.05) is 10.4 Å². The van der Waals surface area contributed by atoms with E-state index >= 15 is 0 Å². The first-order valence-electron chi connectivity index (χ1n) is 2.86. The van der Waals surface area contributed by atoms with Gasteiger partial charge in [0.1, 0.15) is 6.33 Å². The van der Waals surface area contributed by atoms with Gasteiger partial charge in [-0.15, -0.1) is 5.10 Å². The van der Waals surface area contributed by atoms with Crippen LogP contribution in [0.3, 0.4) is 0 Å². The summed E-state index contributed by atoms with van der Waals surface area (Å²) in [6.07, 6.45) is 1.20. The topological polar surface area (TPSA) is 164 Å². The Morgan fingerprint density at radius 3 is 1.88 bits per heavy atom. The Morgan fingerprint density at radius 2 is 1.65 bits per heavy atom. The van der Waals surface area contributed by atoms with E-state index in [1.165, 1.54) is 6.33 Å². The molecule has 14 heteroatoms. The summed E-state index contributed by atoms with van der Waals surface area (Å²) in [5.41, 5.74) is 0. The second-order valence-corrected chi connectivity index (χ2v) is 2.60. The maximum atomic E-state index is 9.84. The predicted molar refractivity (Wildman–Crippen MR) is 33.3 cm³/mol. The van der Waals surface area contributed by atoms with Crippen molar-refractivity contribution in [1.29, 1.82) is 0 Å². The van der Waals surface area contributed by atoms with Crippen molar-refractivity contribution in [3.05, 3.63) is 6.33 Å². The molecule has 0 bridgehead atoms. The van der Waals surface area contributed by atoms with Gasteiger partial charge in [0.05, 0.1) is 12.5 Å². The van der Waals surface area contributed by atoms with Crippen molar-refractivity contribution in [3.63, 3.8) is 0 Å². The summed E-state index contributed by atoms with van der Waals surface area (Å²) in [5, 5.41) is 19.6. The molecule has 0 atom stereocenters. The molecule has 1 heterocycles. The monoisotopic (exact) mass is 244 g/mol. The Hall–Kier alpha value is 0.202. The Labute approximate surface area is 133 Å². The van der Waals surface area contributed by atoms with Crippen molar-refractivity contribution >= 4 is 16.4 Å². The van der Waals surface area contributed by atoms with Gasteiger partial charge < -0.3 is 19.0 Å². The summed E-state index contributed by atoms with van der Waals surface area (Å²) in [6, 6.07) is 0. The normalized spacial score (nSPS) is 8.35. The maximum absolute atomic E-state index is 9.84. The first-order chi connectivity index (χ1) is 6.29. The van der Waals surface area contributed by atoms with Crippen LogP contribution in [0.1, 0.15) is 0 Å². The van der Waals surface area contributed by atoms with E-state index in [4.69, 9.17) is 17.5 Å². The van der Waals surface area contributed by atoms with Crippen LogP contribution in [0, 0.1) is 0 Å². The van der Waals surface area contributed by atoms with Gasteiger partial charge in [0.2, 0.25) is 0 Å².